The van der Waals surface area contributed by atoms with E-state index in [1.54, 1.807) is 0 Å². The molecule has 2 aromatic heterocycles. The molecule has 0 amide bonds. The Bertz CT molecular complexity index is 431. The average Bonchev–Trinajstić information content (AvgIpc) is 2.63. The summed E-state index contributed by atoms with van der Waals surface area (Å²) in [7, 11) is 2.07. The van der Waals surface area contributed by atoms with Crippen LogP contribution in [0.5, 0.6) is 0 Å². The van der Waals surface area contributed by atoms with Gasteiger partial charge in [-0.3, -0.25) is 4.98 Å². The molecule has 78 valence electrons. The molecule has 3 nitrogen and oxygen atoms in total. The van der Waals surface area contributed by atoms with Crippen molar-refractivity contribution in [2.24, 2.45) is 12.8 Å². The van der Waals surface area contributed by atoms with Crippen LogP contribution in [0.3, 0.4) is 0 Å². The molecule has 0 aliphatic rings. The second kappa shape index (κ2) is 4.28. The van der Waals surface area contributed by atoms with Crippen molar-refractivity contribution in [3.05, 3.63) is 42.4 Å². The zero-order chi connectivity index (χ0) is 10.7. The summed E-state index contributed by atoms with van der Waals surface area (Å²) >= 11 is 0. The van der Waals surface area contributed by atoms with E-state index in [4.69, 9.17) is 5.73 Å². The van der Waals surface area contributed by atoms with Gasteiger partial charge in [0.1, 0.15) is 0 Å². The van der Waals surface area contributed by atoms with E-state index in [1.807, 2.05) is 24.5 Å². The van der Waals surface area contributed by atoms with Crippen molar-refractivity contribution in [2.45, 2.75) is 6.42 Å². The number of pyridine rings is 1. The van der Waals surface area contributed by atoms with Crippen LogP contribution >= 0.6 is 0 Å². The summed E-state index contributed by atoms with van der Waals surface area (Å²) in [6.45, 7) is 0.688. The van der Waals surface area contributed by atoms with Gasteiger partial charge < -0.3 is 10.3 Å². The molecule has 0 saturated carbocycles. The van der Waals surface area contributed by atoms with E-state index >= 15 is 0 Å². The predicted molar refractivity (Wildman–Crippen MR) is 61.4 cm³/mol. The lowest BCUT2D eigenvalue weighted by Gasteiger charge is -2.06. The van der Waals surface area contributed by atoms with Gasteiger partial charge in [-0.2, -0.15) is 0 Å². The summed E-state index contributed by atoms with van der Waals surface area (Å²) in [6, 6.07) is 8.28. The van der Waals surface area contributed by atoms with Gasteiger partial charge in [-0.15, -0.1) is 0 Å². The molecule has 0 radical (unpaired) electrons. The van der Waals surface area contributed by atoms with Crippen molar-refractivity contribution in [3.63, 3.8) is 0 Å². The van der Waals surface area contributed by atoms with E-state index in [0.29, 0.717) is 6.54 Å². The molecule has 0 spiro atoms. The van der Waals surface area contributed by atoms with Gasteiger partial charge in [-0.1, -0.05) is 0 Å². The molecule has 2 heterocycles. The van der Waals surface area contributed by atoms with Crippen LogP contribution in [0.25, 0.3) is 11.3 Å². The van der Waals surface area contributed by atoms with Crippen LogP contribution in [0.2, 0.25) is 0 Å². The third-order valence-corrected chi connectivity index (χ3v) is 2.60. The van der Waals surface area contributed by atoms with Gasteiger partial charge in [0.05, 0.1) is 0 Å². The molecule has 2 N–H and O–H groups in total. The minimum atomic E-state index is 0.688. The van der Waals surface area contributed by atoms with Crippen molar-refractivity contribution in [3.8, 4) is 11.3 Å². The summed E-state index contributed by atoms with van der Waals surface area (Å²) in [5, 5.41) is 0. The fourth-order valence-corrected chi connectivity index (χ4v) is 1.76. The van der Waals surface area contributed by atoms with Crippen LogP contribution in [0, 0.1) is 0 Å². The van der Waals surface area contributed by atoms with Crippen molar-refractivity contribution in [1.82, 2.24) is 9.55 Å². The Morgan fingerprint density at radius 2 is 1.93 bits per heavy atom. The highest BCUT2D eigenvalue weighted by Crippen LogP contribution is 2.20. The first kappa shape index (κ1) is 9.93. The molecule has 2 rings (SSSR count). The lowest BCUT2D eigenvalue weighted by molar-refractivity contribution is 0.812. The summed E-state index contributed by atoms with van der Waals surface area (Å²) in [5.41, 5.74) is 9.22. The molecule has 0 fully saturated rings. The average molecular weight is 201 g/mol. The van der Waals surface area contributed by atoms with Gasteiger partial charge in [0.15, 0.2) is 0 Å². The van der Waals surface area contributed by atoms with Crippen molar-refractivity contribution in [2.75, 3.05) is 6.54 Å². The first-order chi connectivity index (χ1) is 7.33. The Kier molecular flexibility index (Phi) is 2.83. The lowest BCUT2D eigenvalue weighted by Crippen LogP contribution is -2.07. The number of aromatic nitrogens is 2. The molecule has 15 heavy (non-hydrogen) atoms. The number of nitrogens with zero attached hydrogens (tertiary/aromatic N) is 2. The first-order valence-electron chi connectivity index (χ1n) is 5.08. The molecular formula is C12H15N3. The Hall–Kier alpha value is -1.61. The van der Waals surface area contributed by atoms with Crippen molar-refractivity contribution < 1.29 is 0 Å². The van der Waals surface area contributed by atoms with E-state index < -0.39 is 0 Å². The maximum Gasteiger partial charge on any atom is 0.0480 e. The number of rotatable bonds is 3. The smallest absolute Gasteiger partial charge is 0.0480 e. The second-order valence-electron chi connectivity index (χ2n) is 3.54. The number of nitrogens with two attached hydrogens (primary N) is 1. The monoisotopic (exact) mass is 201 g/mol. The van der Waals surface area contributed by atoms with Crippen LogP contribution < -0.4 is 5.73 Å². The molecule has 3 heteroatoms. The zero-order valence-electron chi connectivity index (χ0n) is 8.85. The fraction of sp³-hybridized carbons (Fsp3) is 0.250. The van der Waals surface area contributed by atoms with Gasteiger partial charge >= 0.3 is 0 Å². The van der Waals surface area contributed by atoms with Crippen LogP contribution in [0.1, 0.15) is 5.69 Å². The van der Waals surface area contributed by atoms with E-state index in [2.05, 4.69) is 28.7 Å². The molecule has 0 aromatic carbocycles. The van der Waals surface area contributed by atoms with Crippen molar-refractivity contribution >= 4 is 0 Å². The van der Waals surface area contributed by atoms with Gasteiger partial charge in [-0.25, -0.2) is 0 Å². The van der Waals surface area contributed by atoms with Crippen LogP contribution in [0.15, 0.2) is 36.7 Å². The minimum Gasteiger partial charge on any atom is -0.348 e. The molecule has 0 saturated heterocycles. The highest BCUT2D eigenvalue weighted by atomic mass is 15.0. The molecule has 2 aromatic rings. The summed E-state index contributed by atoms with van der Waals surface area (Å²) in [5.74, 6) is 0. The Morgan fingerprint density at radius 3 is 2.60 bits per heavy atom. The Labute approximate surface area is 89.6 Å². The number of hydrogen-bond acceptors (Lipinski definition) is 2. The maximum atomic E-state index is 5.55. The normalized spacial score (nSPS) is 10.5. The van der Waals surface area contributed by atoms with E-state index in [1.165, 1.54) is 17.0 Å². The molecule has 0 unspecified atom stereocenters. The number of hydrogen-bond donors (Lipinski definition) is 1. The van der Waals surface area contributed by atoms with Crippen LogP contribution in [-0.4, -0.2) is 16.1 Å². The maximum absolute atomic E-state index is 5.55. The molecule has 0 bridgehead atoms. The Balaban J connectivity index is 2.38. The standard InChI is InChI=1S/C12H15N3/c1-15-11(4-7-13)2-3-12(15)10-5-8-14-9-6-10/h2-3,5-6,8-9H,4,7,13H2,1H3. The highest BCUT2D eigenvalue weighted by molar-refractivity contribution is 5.60. The summed E-state index contributed by atoms with van der Waals surface area (Å²) < 4.78 is 2.18. The fourth-order valence-electron chi connectivity index (χ4n) is 1.76. The first-order valence-corrected chi connectivity index (χ1v) is 5.08. The third kappa shape index (κ3) is 1.92. The van der Waals surface area contributed by atoms with Gasteiger partial charge in [0.25, 0.3) is 0 Å². The molecule has 0 aliphatic carbocycles. The minimum absolute atomic E-state index is 0.688. The quantitative estimate of drug-likeness (QED) is 0.819. The zero-order valence-corrected chi connectivity index (χ0v) is 8.85. The van der Waals surface area contributed by atoms with Crippen LogP contribution in [-0.2, 0) is 13.5 Å². The highest BCUT2D eigenvalue weighted by Gasteiger charge is 2.05. The van der Waals surface area contributed by atoms with Gasteiger partial charge in [0, 0.05) is 36.4 Å². The van der Waals surface area contributed by atoms with E-state index in [0.717, 1.165) is 6.42 Å². The summed E-state index contributed by atoms with van der Waals surface area (Å²) in [4.78, 5) is 4.01. The molecule has 0 atom stereocenters. The van der Waals surface area contributed by atoms with Crippen molar-refractivity contribution in [1.29, 1.82) is 0 Å². The largest absolute Gasteiger partial charge is 0.348 e. The van der Waals surface area contributed by atoms with E-state index in [9.17, 15) is 0 Å². The third-order valence-electron chi connectivity index (χ3n) is 2.60. The van der Waals surface area contributed by atoms with Crippen LogP contribution in [0.4, 0.5) is 0 Å². The Morgan fingerprint density at radius 1 is 1.20 bits per heavy atom. The van der Waals surface area contributed by atoms with Gasteiger partial charge in [0.2, 0.25) is 0 Å². The lowest BCUT2D eigenvalue weighted by atomic mass is 10.2. The second-order valence-corrected chi connectivity index (χ2v) is 3.54. The van der Waals surface area contributed by atoms with E-state index in [-0.39, 0.29) is 0 Å². The van der Waals surface area contributed by atoms with Gasteiger partial charge in [-0.05, 0) is 37.2 Å². The summed E-state index contributed by atoms with van der Waals surface area (Å²) in [6.07, 6.45) is 4.54. The molecular weight excluding hydrogens is 186 g/mol. The topological polar surface area (TPSA) is 43.8 Å². The molecule has 0 aliphatic heterocycles. The predicted octanol–water partition coefficient (Wildman–Crippen LogP) is 1.59. The SMILES string of the molecule is Cn1c(CCN)ccc1-c1ccncc1.